The zero-order chi connectivity index (χ0) is 13.4. The molecule has 0 saturated carbocycles. The van der Waals surface area contributed by atoms with Crippen LogP contribution in [-0.2, 0) is 4.74 Å². The summed E-state index contributed by atoms with van der Waals surface area (Å²) in [5.41, 5.74) is 0. The van der Waals surface area contributed by atoms with Gasteiger partial charge in [-0.2, -0.15) is 0 Å². The van der Waals surface area contributed by atoms with Gasteiger partial charge in [0.05, 0.1) is 26.9 Å². The molecule has 1 fully saturated rings. The molecule has 0 bridgehead atoms. The van der Waals surface area contributed by atoms with Gasteiger partial charge in [-0.3, -0.25) is 0 Å². The zero-order valence-corrected chi connectivity index (χ0v) is 10.8. The van der Waals surface area contributed by atoms with E-state index in [-0.39, 0.29) is 5.82 Å². The van der Waals surface area contributed by atoms with Crippen LogP contribution in [0, 0.1) is 11.7 Å². The summed E-state index contributed by atoms with van der Waals surface area (Å²) >= 11 is 0. The van der Waals surface area contributed by atoms with Crippen molar-refractivity contribution in [1.29, 1.82) is 0 Å². The van der Waals surface area contributed by atoms with E-state index >= 15 is 0 Å². The van der Waals surface area contributed by atoms with E-state index in [4.69, 9.17) is 14.2 Å². The van der Waals surface area contributed by atoms with Crippen LogP contribution in [0.2, 0.25) is 0 Å². The van der Waals surface area contributed by atoms with Crippen molar-refractivity contribution in [2.45, 2.75) is 6.92 Å². The molecule has 1 heterocycles. The van der Waals surface area contributed by atoms with E-state index in [0.717, 1.165) is 13.2 Å². The van der Waals surface area contributed by atoms with Crippen LogP contribution in [0.5, 0.6) is 11.5 Å². The molecule has 3 nitrogen and oxygen atoms in total. The third kappa shape index (κ3) is 4.37. The zero-order valence-electron chi connectivity index (χ0n) is 10.8. The number of halogens is 1. The van der Waals surface area contributed by atoms with Gasteiger partial charge in [0.15, 0.2) is 11.5 Å². The molecule has 2 rings (SSSR count). The number of hydrogen-bond donors (Lipinski definition) is 0. The van der Waals surface area contributed by atoms with Gasteiger partial charge in [-0.25, -0.2) is 4.39 Å². The smallest absolute Gasteiger partial charge is 0.164 e. The minimum atomic E-state index is -0.323. The maximum Gasteiger partial charge on any atom is 0.164 e. The van der Waals surface area contributed by atoms with Crippen molar-refractivity contribution in [3.63, 3.8) is 0 Å². The Morgan fingerprint density at radius 1 is 1.44 bits per heavy atom. The molecule has 0 spiro atoms. The fourth-order valence-corrected chi connectivity index (χ4v) is 1.35. The van der Waals surface area contributed by atoms with Gasteiger partial charge in [0.2, 0.25) is 0 Å². The van der Waals surface area contributed by atoms with Crippen LogP contribution < -0.4 is 9.47 Å². The van der Waals surface area contributed by atoms with Crippen molar-refractivity contribution in [3.8, 4) is 11.5 Å². The molecule has 1 saturated heterocycles. The molecule has 0 aliphatic carbocycles. The Labute approximate surface area is 107 Å². The Hall–Kier alpha value is -1.55. The number of benzene rings is 1. The number of rotatable bonds is 4. The third-order valence-corrected chi connectivity index (χ3v) is 2.31. The fourth-order valence-electron chi connectivity index (χ4n) is 1.35. The van der Waals surface area contributed by atoms with Crippen molar-refractivity contribution in [3.05, 3.63) is 36.7 Å². The summed E-state index contributed by atoms with van der Waals surface area (Å²) in [5, 5.41) is 0. The molecular weight excluding hydrogens is 235 g/mol. The Morgan fingerprint density at radius 3 is 2.61 bits per heavy atom. The number of allylic oxidation sites excluding steroid dienone is 1. The number of hydrogen-bond acceptors (Lipinski definition) is 3. The van der Waals surface area contributed by atoms with Gasteiger partial charge >= 0.3 is 0 Å². The first-order valence-electron chi connectivity index (χ1n) is 5.82. The molecule has 0 unspecified atom stereocenters. The molecule has 0 N–H and O–H groups in total. The van der Waals surface area contributed by atoms with Crippen LogP contribution in [0.25, 0.3) is 0 Å². The molecule has 0 radical (unpaired) electrons. The highest BCUT2D eigenvalue weighted by Gasteiger charge is 2.19. The highest BCUT2D eigenvalue weighted by Crippen LogP contribution is 2.28. The number of methoxy groups -OCH3 is 1. The number of ether oxygens (including phenoxy) is 3. The Balaban J connectivity index is 0.000000492. The van der Waals surface area contributed by atoms with E-state index < -0.39 is 0 Å². The molecule has 18 heavy (non-hydrogen) atoms. The van der Waals surface area contributed by atoms with Crippen molar-refractivity contribution in [2.24, 2.45) is 5.92 Å². The van der Waals surface area contributed by atoms with E-state index in [1.165, 1.54) is 19.2 Å². The van der Waals surface area contributed by atoms with Crippen molar-refractivity contribution >= 4 is 0 Å². The molecule has 100 valence electrons. The molecular formula is C14H19FO3. The standard InChI is InChI=1S/C11H13FO3.C3H6/c1-13-10-3-2-9(12)4-11(10)15-7-8-5-14-6-8;1-3-2/h2-4,8H,5-7H2,1H3;3H,1H2,2H3. The first-order chi connectivity index (χ1) is 8.71. The Kier molecular flexibility index (Phi) is 6.22. The summed E-state index contributed by atoms with van der Waals surface area (Å²) < 4.78 is 28.5. The largest absolute Gasteiger partial charge is 0.493 e. The molecule has 1 aliphatic rings. The lowest BCUT2D eigenvalue weighted by Gasteiger charge is -2.26. The average Bonchev–Trinajstić information content (AvgIpc) is 2.28. The highest BCUT2D eigenvalue weighted by atomic mass is 19.1. The summed E-state index contributed by atoms with van der Waals surface area (Å²) in [6, 6.07) is 4.23. The highest BCUT2D eigenvalue weighted by molar-refractivity contribution is 5.39. The maximum absolute atomic E-state index is 12.9. The lowest BCUT2D eigenvalue weighted by Crippen LogP contribution is -2.32. The molecule has 0 amide bonds. The molecule has 1 aliphatic heterocycles. The fraction of sp³-hybridized carbons (Fsp3) is 0.429. The molecule has 1 aromatic rings. The van der Waals surface area contributed by atoms with Crippen LogP contribution in [0.3, 0.4) is 0 Å². The summed E-state index contributed by atoms with van der Waals surface area (Å²) in [5.74, 6) is 1.09. The predicted molar refractivity (Wildman–Crippen MR) is 68.6 cm³/mol. The third-order valence-electron chi connectivity index (χ3n) is 2.31. The van der Waals surface area contributed by atoms with Gasteiger partial charge in [-0.05, 0) is 19.1 Å². The van der Waals surface area contributed by atoms with Gasteiger partial charge in [0.25, 0.3) is 0 Å². The molecule has 0 atom stereocenters. The molecule has 4 heteroatoms. The Morgan fingerprint density at radius 2 is 2.11 bits per heavy atom. The monoisotopic (exact) mass is 254 g/mol. The van der Waals surface area contributed by atoms with Crippen molar-refractivity contribution < 1.29 is 18.6 Å². The Bertz CT molecular complexity index is 375. The van der Waals surface area contributed by atoms with Gasteiger partial charge in [0.1, 0.15) is 5.82 Å². The van der Waals surface area contributed by atoms with E-state index in [9.17, 15) is 4.39 Å². The van der Waals surface area contributed by atoms with E-state index in [0.29, 0.717) is 24.0 Å². The van der Waals surface area contributed by atoms with E-state index in [1.807, 2.05) is 6.92 Å². The summed E-state index contributed by atoms with van der Waals surface area (Å²) in [4.78, 5) is 0. The second-order valence-electron chi connectivity index (χ2n) is 3.92. The van der Waals surface area contributed by atoms with Crippen LogP contribution in [0.1, 0.15) is 6.92 Å². The van der Waals surface area contributed by atoms with Gasteiger partial charge in [-0.1, -0.05) is 6.08 Å². The second-order valence-corrected chi connectivity index (χ2v) is 3.92. The minimum absolute atomic E-state index is 0.323. The summed E-state index contributed by atoms with van der Waals surface area (Å²) in [6.07, 6.45) is 1.75. The quantitative estimate of drug-likeness (QED) is 0.773. The van der Waals surface area contributed by atoms with E-state index in [1.54, 1.807) is 12.1 Å². The molecule has 0 aromatic heterocycles. The SMILES string of the molecule is C=CC.COc1ccc(F)cc1OCC1COC1. The van der Waals surface area contributed by atoms with Gasteiger partial charge in [0, 0.05) is 12.0 Å². The summed E-state index contributed by atoms with van der Waals surface area (Å²) in [7, 11) is 1.53. The van der Waals surface area contributed by atoms with Crippen LogP contribution in [0.4, 0.5) is 4.39 Å². The van der Waals surface area contributed by atoms with Gasteiger partial charge < -0.3 is 14.2 Å². The summed E-state index contributed by atoms with van der Waals surface area (Å²) in [6.45, 7) is 7.23. The predicted octanol–water partition coefficient (Wildman–Crippen LogP) is 3.05. The minimum Gasteiger partial charge on any atom is -0.493 e. The van der Waals surface area contributed by atoms with Crippen LogP contribution in [0.15, 0.2) is 30.9 Å². The van der Waals surface area contributed by atoms with E-state index in [2.05, 4.69) is 6.58 Å². The first-order valence-corrected chi connectivity index (χ1v) is 5.82. The average molecular weight is 254 g/mol. The molecule has 1 aromatic carbocycles. The normalized spacial score (nSPS) is 13.9. The van der Waals surface area contributed by atoms with Crippen molar-refractivity contribution in [1.82, 2.24) is 0 Å². The topological polar surface area (TPSA) is 27.7 Å². The van der Waals surface area contributed by atoms with Crippen LogP contribution >= 0.6 is 0 Å². The lowest BCUT2D eigenvalue weighted by atomic mass is 10.1. The first kappa shape index (κ1) is 14.5. The van der Waals surface area contributed by atoms with Crippen LogP contribution in [-0.4, -0.2) is 26.9 Å². The van der Waals surface area contributed by atoms with Gasteiger partial charge in [-0.15, -0.1) is 6.58 Å². The van der Waals surface area contributed by atoms with Crippen molar-refractivity contribution in [2.75, 3.05) is 26.9 Å². The maximum atomic E-state index is 12.9. The second kappa shape index (κ2) is 7.71. The lowest BCUT2D eigenvalue weighted by molar-refractivity contribution is -0.0511.